The minimum Gasteiger partial charge on any atom is -0.369 e. The van der Waals surface area contributed by atoms with Gasteiger partial charge >= 0.3 is 0 Å². The number of likely N-dealkylation sites (N-methyl/N-ethyl adjacent to an activating group) is 1. The Morgan fingerprint density at radius 3 is 2.67 bits per heavy atom. The summed E-state index contributed by atoms with van der Waals surface area (Å²) in [5.41, 5.74) is 5.10. The maximum Gasteiger partial charge on any atom is 0.231 e. The molecule has 3 N–H and O–H groups in total. The van der Waals surface area contributed by atoms with Crippen molar-refractivity contribution in [1.29, 1.82) is 0 Å². The fourth-order valence-corrected chi connectivity index (χ4v) is 1.62. The first-order chi connectivity index (χ1) is 5.70. The van der Waals surface area contributed by atoms with E-state index in [1.165, 1.54) is 0 Å². The minimum atomic E-state index is -0.240. The number of hydrogen-bond acceptors (Lipinski definition) is 3. The van der Waals surface area contributed by atoms with Crippen molar-refractivity contribution in [2.45, 2.75) is 18.9 Å². The number of carbonyl (C=O) groups is 1. The zero-order chi connectivity index (χ0) is 8.97. The number of nitrogens with one attached hydrogen (secondary N) is 1. The maximum absolute atomic E-state index is 10.6. The molecule has 0 spiro atoms. The summed E-state index contributed by atoms with van der Waals surface area (Å²) in [5, 5.41) is 3.28. The van der Waals surface area contributed by atoms with Gasteiger partial charge in [0.15, 0.2) is 0 Å². The first kappa shape index (κ1) is 9.48. The van der Waals surface area contributed by atoms with Crippen LogP contribution in [-0.2, 0) is 4.79 Å². The summed E-state index contributed by atoms with van der Waals surface area (Å²) in [6.45, 7) is 2.48. The predicted molar refractivity (Wildman–Crippen MR) is 47.7 cm³/mol. The van der Waals surface area contributed by atoms with Crippen molar-refractivity contribution < 1.29 is 4.79 Å². The van der Waals surface area contributed by atoms with E-state index in [0.29, 0.717) is 12.6 Å². The van der Waals surface area contributed by atoms with Crippen molar-refractivity contribution in [2.75, 3.05) is 26.7 Å². The molecule has 0 aliphatic carbocycles. The van der Waals surface area contributed by atoms with E-state index >= 15 is 0 Å². The monoisotopic (exact) mass is 171 g/mol. The van der Waals surface area contributed by atoms with Gasteiger partial charge in [0.1, 0.15) is 0 Å². The summed E-state index contributed by atoms with van der Waals surface area (Å²) in [4.78, 5) is 12.7. The molecule has 0 radical (unpaired) electrons. The van der Waals surface area contributed by atoms with E-state index in [4.69, 9.17) is 5.73 Å². The molecule has 4 heteroatoms. The van der Waals surface area contributed by atoms with Crippen LogP contribution in [0.15, 0.2) is 0 Å². The van der Waals surface area contributed by atoms with Crippen LogP contribution in [0, 0.1) is 0 Å². The fourth-order valence-electron chi connectivity index (χ4n) is 1.62. The molecular weight excluding hydrogens is 154 g/mol. The number of nitrogens with two attached hydrogens (primary N) is 1. The van der Waals surface area contributed by atoms with Crippen molar-refractivity contribution in [3.8, 4) is 0 Å². The summed E-state index contributed by atoms with van der Waals surface area (Å²) < 4.78 is 0. The van der Waals surface area contributed by atoms with Crippen LogP contribution >= 0.6 is 0 Å². The summed E-state index contributed by atoms with van der Waals surface area (Å²) in [7, 11) is 1.96. The summed E-state index contributed by atoms with van der Waals surface area (Å²) in [5.74, 6) is -0.240. The number of amides is 1. The van der Waals surface area contributed by atoms with Crippen molar-refractivity contribution in [3.05, 3.63) is 0 Å². The lowest BCUT2D eigenvalue weighted by molar-refractivity contribution is -0.119. The molecule has 0 aromatic carbocycles. The Morgan fingerprint density at radius 2 is 2.17 bits per heavy atom. The van der Waals surface area contributed by atoms with Gasteiger partial charge in [-0.2, -0.15) is 0 Å². The second-order valence-corrected chi connectivity index (χ2v) is 3.36. The quantitative estimate of drug-likeness (QED) is 0.582. The third-order valence-electron chi connectivity index (χ3n) is 2.34. The van der Waals surface area contributed by atoms with Gasteiger partial charge in [-0.25, -0.2) is 0 Å². The third kappa shape index (κ3) is 2.79. The van der Waals surface area contributed by atoms with Gasteiger partial charge in [0.25, 0.3) is 0 Å². The molecule has 1 aliphatic heterocycles. The molecule has 1 heterocycles. The number of carbonyl (C=O) groups excluding carboxylic acids is 1. The highest BCUT2D eigenvalue weighted by atomic mass is 16.1. The van der Waals surface area contributed by atoms with Crippen LogP contribution in [0.25, 0.3) is 0 Å². The molecule has 0 saturated carbocycles. The van der Waals surface area contributed by atoms with Crippen molar-refractivity contribution >= 4 is 5.91 Å². The van der Waals surface area contributed by atoms with E-state index in [-0.39, 0.29) is 5.91 Å². The predicted octanol–water partition coefficient (Wildman–Crippen LogP) is -0.844. The second kappa shape index (κ2) is 4.42. The molecule has 12 heavy (non-hydrogen) atoms. The molecule has 70 valence electrons. The van der Waals surface area contributed by atoms with Crippen LogP contribution in [0.4, 0.5) is 0 Å². The van der Waals surface area contributed by atoms with Gasteiger partial charge in [-0.3, -0.25) is 9.69 Å². The summed E-state index contributed by atoms with van der Waals surface area (Å²) in [6, 6.07) is 0.527. The topological polar surface area (TPSA) is 58.4 Å². The normalized spacial score (nSPS) is 19.8. The highest BCUT2D eigenvalue weighted by Gasteiger charge is 2.18. The Labute approximate surface area is 73.1 Å². The van der Waals surface area contributed by atoms with Gasteiger partial charge in [-0.1, -0.05) is 0 Å². The third-order valence-corrected chi connectivity index (χ3v) is 2.34. The molecule has 1 rings (SSSR count). The Bertz CT molecular complexity index is 154. The van der Waals surface area contributed by atoms with Crippen molar-refractivity contribution in [2.24, 2.45) is 5.73 Å². The minimum absolute atomic E-state index is 0.240. The highest BCUT2D eigenvalue weighted by Crippen LogP contribution is 2.08. The first-order valence-electron chi connectivity index (χ1n) is 4.39. The average molecular weight is 171 g/mol. The molecule has 1 fully saturated rings. The van der Waals surface area contributed by atoms with E-state index in [2.05, 4.69) is 5.32 Å². The zero-order valence-corrected chi connectivity index (χ0v) is 7.55. The standard InChI is InChI=1S/C8H17N3O/c1-11(6-8(9)12)7-2-4-10-5-3-7/h7,10H,2-6H2,1H3,(H2,9,12). The van der Waals surface area contributed by atoms with E-state index in [1.807, 2.05) is 11.9 Å². The Hall–Kier alpha value is -0.610. The summed E-state index contributed by atoms with van der Waals surface area (Å²) >= 11 is 0. The lowest BCUT2D eigenvalue weighted by Crippen LogP contribution is -2.44. The molecule has 1 saturated heterocycles. The molecule has 0 atom stereocenters. The van der Waals surface area contributed by atoms with Gasteiger partial charge in [0.05, 0.1) is 6.54 Å². The van der Waals surface area contributed by atoms with Crippen molar-refractivity contribution in [3.63, 3.8) is 0 Å². The lowest BCUT2D eigenvalue weighted by Gasteiger charge is -2.30. The van der Waals surface area contributed by atoms with Gasteiger partial charge in [0.2, 0.25) is 5.91 Å². The van der Waals surface area contributed by atoms with Crippen LogP contribution in [-0.4, -0.2) is 43.5 Å². The van der Waals surface area contributed by atoms with Crippen LogP contribution in [0.5, 0.6) is 0 Å². The average Bonchev–Trinajstić information content (AvgIpc) is 2.05. The molecule has 1 aliphatic rings. The summed E-state index contributed by atoms with van der Waals surface area (Å²) in [6.07, 6.45) is 2.23. The molecule has 0 aromatic heterocycles. The van der Waals surface area contributed by atoms with Gasteiger partial charge in [-0.15, -0.1) is 0 Å². The molecule has 0 aromatic rings. The number of hydrogen-bond donors (Lipinski definition) is 2. The molecule has 0 unspecified atom stereocenters. The van der Waals surface area contributed by atoms with Crippen LogP contribution in [0.2, 0.25) is 0 Å². The largest absolute Gasteiger partial charge is 0.369 e. The van der Waals surface area contributed by atoms with Gasteiger partial charge in [-0.05, 0) is 33.0 Å². The molecular formula is C8H17N3O. The Kier molecular flexibility index (Phi) is 3.49. The Balaban J connectivity index is 2.29. The lowest BCUT2D eigenvalue weighted by atomic mass is 10.1. The van der Waals surface area contributed by atoms with Crippen molar-refractivity contribution in [1.82, 2.24) is 10.2 Å². The SMILES string of the molecule is CN(CC(N)=O)C1CCNCC1. The zero-order valence-electron chi connectivity index (χ0n) is 7.55. The Morgan fingerprint density at radius 1 is 1.58 bits per heavy atom. The van der Waals surface area contributed by atoms with E-state index < -0.39 is 0 Å². The van der Waals surface area contributed by atoms with Crippen LogP contribution in [0.3, 0.4) is 0 Å². The van der Waals surface area contributed by atoms with E-state index in [9.17, 15) is 4.79 Å². The van der Waals surface area contributed by atoms with E-state index in [0.717, 1.165) is 25.9 Å². The highest BCUT2D eigenvalue weighted by molar-refractivity contribution is 5.75. The molecule has 1 amide bonds. The van der Waals surface area contributed by atoms with Gasteiger partial charge in [0, 0.05) is 6.04 Å². The first-order valence-corrected chi connectivity index (χ1v) is 4.39. The molecule has 4 nitrogen and oxygen atoms in total. The number of rotatable bonds is 3. The van der Waals surface area contributed by atoms with Gasteiger partial charge < -0.3 is 11.1 Å². The number of nitrogens with zero attached hydrogens (tertiary/aromatic N) is 1. The fraction of sp³-hybridized carbons (Fsp3) is 0.875. The second-order valence-electron chi connectivity index (χ2n) is 3.36. The molecule has 0 bridgehead atoms. The smallest absolute Gasteiger partial charge is 0.231 e. The van der Waals surface area contributed by atoms with Crippen LogP contribution < -0.4 is 11.1 Å². The number of primary amides is 1. The maximum atomic E-state index is 10.6. The van der Waals surface area contributed by atoms with Crippen LogP contribution in [0.1, 0.15) is 12.8 Å². The number of piperidine rings is 1. The van der Waals surface area contributed by atoms with E-state index in [1.54, 1.807) is 0 Å².